The van der Waals surface area contributed by atoms with Crippen LogP contribution in [-0.2, 0) is 17.8 Å². The highest BCUT2D eigenvalue weighted by atomic mass is 16.5. The van der Waals surface area contributed by atoms with Crippen LogP contribution in [0.4, 0.5) is 0 Å². The molecule has 0 spiro atoms. The number of nitrogens with one attached hydrogen (secondary N) is 1. The number of fused-ring (bicyclic) bond motifs is 10. The normalized spacial score (nSPS) is 14.3. The fraction of sp³-hybridized carbons (Fsp3) is 0.200. The van der Waals surface area contributed by atoms with E-state index in [9.17, 15) is 15.2 Å². The lowest BCUT2D eigenvalue weighted by Gasteiger charge is -2.19. The molecule has 0 fully saturated rings. The van der Waals surface area contributed by atoms with Crippen LogP contribution in [0, 0.1) is 11.3 Å². The Morgan fingerprint density at radius 3 is 2.47 bits per heavy atom. The van der Waals surface area contributed by atoms with Gasteiger partial charge in [0.1, 0.15) is 6.54 Å². The quantitative estimate of drug-likeness (QED) is 0.459. The van der Waals surface area contributed by atoms with Crippen molar-refractivity contribution in [3.63, 3.8) is 0 Å². The van der Waals surface area contributed by atoms with Gasteiger partial charge >= 0.3 is 0 Å². The molecular formula is C25H20N4O3. The number of aromatic nitrogens is 2. The molecule has 5 aromatic rings. The van der Waals surface area contributed by atoms with Crippen molar-refractivity contribution >= 4 is 49.5 Å². The monoisotopic (exact) mass is 424 g/mol. The molecule has 0 saturated carbocycles. The number of amides is 1. The number of rotatable bonds is 4. The van der Waals surface area contributed by atoms with E-state index in [-0.39, 0.29) is 19.1 Å². The summed E-state index contributed by atoms with van der Waals surface area (Å²) in [5.74, 6) is -0.103. The number of carbonyl (C=O) groups excluding carboxylic acids is 1. The zero-order valence-corrected chi connectivity index (χ0v) is 17.4. The first-order valence-electron chi connectivity index (χ1n) is 10.5. The second-order valence-corrected chi connectivity index (χ2v) is 8.00. The number of carbonyl (C=O) groups is 1. The van der Waals surface area contributed by atoms with Crippen LogP contribution in [0.2, 0.25) is 0 Å². The summed E-state index contributed by atoms with van der Waals surface area (Å²) in [6.45, 7) is 0.361. The van der Waals surface area contributed by atoms with E-state index in [2.05, 4.69) is 11.4 Å². The molecule has 0 radical (unpaired) electrons. The minimum Gasteiger partial charge on any atom is -0.392 e. The molecule has 2 aromatic heterocycles. The lowest BCUT2D eigenvalue weighted by molar-refractivity contribution is 0.00336. The third kappa shape index (κ3) is 2.23. The second kappa shape index (κ2) is 6.82. The highest BCUT2D eigenvalue weighted by Gasteiger charge is 2.33. The van der Waals surface area contributed by atoms with Gasteiger partial charge in [0.15, 0.2) is 6.23 Å². The number of hydrogen-bond acceptors (Lipinski definition) is 4. The van der Waals surface area contributed by atoms with Crippen LogP contribution in [-0.4, -0.2) is 33.9 Å². The van der Waals surface area contributed by atoms with E-state index in [1.54, 1.807) is 7.11 Å². The number of hydrogen-bond donors (Lipinski definition) is 2. The lowest BCUT2D eigenvalue weighted by Crippen LogP contribution is -2.15. The number of ether oxygens (including phenoxy) is 1. The molecule has 32 heavy (non-hydrogen) atoms. The fourth-order valence-corrected chi connectivity index (χ4v) is 5.36. The van der Waals surface area contributed by atoms with Crippen molar-refractivity contribution in [3.8, 4) is 6.07 Å². The highest BCUT2D eigenvalue weighted by molar-refractivity contribution is 6.30. The largest absolute Gasteiger partial charge is 0.392 e. The summed E-state index contributed by atoms with van der Waals surface area (Å²) >= 11 is 0. The molecule has 1 amide bonds. The maximum Gasteiger partial charge on any atom is 0.252 e. The Morgan fingerprint density at radius 2 is 1.78 bits per heavy atom. The van der Waals surface area contributed by atoms with E-state index in [4.69, 9.17) is 4.74 Å². The minimum atomic E-state index is -0.614. The number of para-hydroxylation sites is 2. The molecule has 2 N–H and O–H groups in total. The Kier molecular flexibility index (Phi) is 4.02. The van der Waals surface area contributed by atoms with Crippen LogP contribution in [0.5, 0.6) is 0 Å². The molecule has 1 aliphatic rings. The van der Waals surface area contributed by atoms with Crippen LogP contribution in [0.1, 0.15) is 22.1 Å². The first kappa shape index (κ1) is 18.9. The summed E-state index contributed by atoms with van der Waals surface area (Å²) in [5.41, 5.74) is 5.09. The molecule has 0 saturated heterocycles. The Morgan fingerprint density at radius 1 is 1.09 bits per heavy atom. The summed E-state index contributed by atoms with van der Waals surface area (Å²) < 4.78 is 9.65. The minimum absolute atomic E-state index is 0.103. The molecule has 6 rings (SSSR count). The smallest absolute Gasteiger partial charge is 0.252 e. The van der Waals surface area contributed by atoms with Crippen LogP contribution in [0.25, 0.3) is 43.6 Å². The van der Waals surface area contributed by atoms with Gasteiger partial charge in [-0.3, -0.25) is 4.79 Å². The van der Waals surface area contributed by atoms with Crippen LogP contribution in [0.3, 0.4) is 0 Å². The van der Waals surface area contributed by atoms with E-state index in [0.717, 1.165) is 49.2 Å². The third-order valence-corrected chi connectivity index (χ3v) is 6.56. The predicted octanol–water partition coefficient (Wildman–Crippen LogP) is 3.81. The average molecular weight is 424 g/mol. The van der Waals surface area contributed by atoms with Crippen molar-refractivity contribution in [3.05, 3.63) is 59.7 Å². The predicted molar refractivity (Wildman–Crippen MR) is 122 cm³/mol. The molecule has 3 heterocycles. The molecule has 1 unspecified atom stereocenters. The number of aliphatic hydroxyl groups is 1. The van der Waals surface area contributed by atoms with Gasteiger partial charge in [0.2, 0.25) is 0 Å². The number of benzene rings is 3. The van der Waals surface area contributed by atoms with E-state index in [1.807, 2.05) is 57.7 Å². The number of methoxy groups -OCH3 is 1. The first-order valence-corrected chi connectivity index (χ1v) is 10.5. The topological polar surface area (TPSA) is 92.2 Å². The van der Waals surface area contributed by atoms with Gasteiger partial charge in [0.05, 0.1) is 40.3 Å². The SMILES string of the molecule is COC(CO)n1c2ccccc2c2c3c(c4c5ccccc5n(CC#N)c4c21)C(=O)NC3. The van der Waals surface area contributed by atoms with Crippen molar-refractivity contribution < 1.29 is 14.6 Å². The molecule has 0 bridgehead atoms. The molecule has 0 aliphatic carbocycles. The highest BCUT2D eigenvalue weighted by Crippen LogP contribution is 2.45. The average Bonchev–Trinajstić information content (AvgIpc) is 3.46. The van der Waals surface area contributed by atoms with Crippen molar-refractivity contribution in [2.75, 3.05) is 13.7 Å². The van der Waals surface area contributed by atoms with Crippen LogP contribution >= 0.6 is 0 Å². The van der Waals surface area contributed by atoms with Crippen molar-refractivity contribution in [2.45, 2.75) is 19.3 Å². The lowest BCUT2D eigenvalue weighted by atomic mass is 9.97. The second-order valence-electron chi connectivity index (χ2n) is 8.00. The molecule has 3 aromatic carbocycles. The molecular weight excluding hydrogens is 404 g/mol. The fourth-order valence-electron chi connectivity index (χ4n) is 5.36. The number of nitriles is 1. The van der Waals surface area contributed by atoms with Crippen LogP contribution in [0.15, 0.2) is 48.5 Å². The first-order chi connectivity index (χ1) is 15.7. The van der Waals surface area contributed by atoms with Gasteiger partial charge < -0.3 is 24.3 Å². The zero-order valence-electron chi connectivity index (χ0n) is 17.4. The summed E-state index contributed by atoms with van der Waals surface area (Å²) in [7, 11) is 1.57. The summed E-state index contributed by atoms with van der Waals surface area (Å²) in [6, 6.07) is 18.1. The standard InChI is InChI=1S/C25H20N4O3/c1-32-19(13-30)29-18-9-5-3-7-15(18)20-16-12-27-25(31)22(16)21-14-6-2-4-8-17(14)28(11-10-26)23(21)24(20)29/h2-9,19,30H,11-13H2,1H3,(H,27,31). The van der Waals surface area contributed by atoms with Gasteiger partial charge in [0, 0.05) is 35.2 Å². The van der Waals surface area contributed by atoms with Gasteiger partial charge in [-0.2, -0.15) is 5.26 Å². The maximum absolute atomic E-state index is 13.1. The maximum atomic E-state index is 13.1. The Hall–Kier alpha value is -3.86. The van der Waals surface area contributed by atoms with Crippen molar-refractivity contribution in [1.29, 1.82) is 5.26 Å². The molecule has 1 aliphatic heterocycles. The zero-order chi connectivity index (χ0) is 22.0. The van der Waals surface area contributed by atoms with E-state index >= 15 is 0 Å². The summed E-state index contributed by atoms with van der Waals surface area (Å²) in [4.78, 5) is 13.1. The van der Waals surface area contributed by atoms with Gasteiger partial charge in [-0.1, -0.05) is 36.4 Å². The molecule has 158 valence electrons. The molecule has 1 atom stereocenters. The van der Waals surface area contributed by atoms with Gasteiger partial charge in [-0.15, -0.1) is 0 Å². The summed E-state index contributed by atoms with van der Waals surface area (Å²) in [6.07, 6.45) is -0.614. The summed E-state index contributed by atoms with van der Waals surface area (Å²) in [5, 5.41) is 26.5. The van der Waals surface area contributed by atoms with E-state index in [0.29, 0.717) is 12.1 Å². The Balaban J connectivity index is 2.01. The van der Waals surface area contributed by atoms with Crippen LogP contribution < -0.4 is 5.32 Å². The van der Waals surface area contributed by atoms with E-state index < -0.39 is 6.23 Å². The molecule has 7 nitrogen and oxygen atoms in total. The number of nitrogens with zero attached hydrogens (tertiary/aromatic N) is 3. The van der Waals surface area contributed by atoms with Crippen molar-refractivity contribution in [2.24, 2.45) is 0 Å². The Bertz CT molecular complexity index is 1620. The molecule has 7 heteroatoms. The van der Waals surface area contributed by atoms with Gasteiger partial charge in [0.25, 0.3) is 5.91 Å². The number of aliphatic hydroxyl groups excluding tert-OH is 1. The Labute approximate surface area is 183 Å². The third-order valence-electron chi connectivity index (χ3n) is 6.56. The van der Waals surface area contributed by atoms with E-state index in [1.165, 1.54) is 0 Å². The van der Waals surface area contributed by atoms with Gasteiger partial charge in [-0.25, -0.2) is 0 Å². The van der Waals surface area contributed by atoms with Crippen molar-refractivity contribution in [1.82, 2.24) is 14.5 Å². The van der Waals surface area contributed by atoms with Gasteiger partial charge in [-0.05, 0) is 17.7 Å².